The molecular formula is C6H12O4. The van der Waals surface area contributed by atoms with E-state index in [0.717, 1.165) is 0 Å². The summed E-state index contributed by atoms with van der Waals surface area (Å²) in [4.78, 5) is 0. The molecule has 1 aliphatic heterocycles. The van der Waals surface area contributed by atoms with Crippen molar-refractivity contribution < 1.29 is 19.7 Å². The van der Waals surface area contributed by atoms with Crippen molar-refractivity contribution in [2.24, 2.45) is 0 Å². The van der Waals surface area contributed by atoms with Gasteiger partial charge in [0.05, 0.1) is 0 Å². The van der Waals surface area contributed by atoms with Gasteiger partial charge in [-0.15, -0.1) is 0 Å². The summed E-state index contributed by atoms with van der Waals surface area (Å²) in [6, 6.07) is 0. The smallest absolute Gasteiger partial charge is 0.169 e. The molecule has 2 atom stereocenters. The fourth-order valence-corrected chi connectivity index (χ4v) is 0.952. The van der Waals surface area contributed by atoms with Gasteiger partial charge in [-0.1, -0.05) is 0 Å². The second-order valence-corrected chi connectivity index (χ2v) is 2.78. The highest BCUT2D eigenvalue weighted by atomic mass is 16.8. The van der Waals surface area contributed by atoms with Crippen LogP contribution in [-0.2, 0) is 9.47 Å². The molecule has 0 aromatic carbocycles. The van der Waals surface area contributed by atoms with Gasteiger partial charge >= 0.3 is 0 Å². The summed E-state index contributed by atoms with van der Waals surface area (Å²) in [6.07, 6.45) is -1.72. The first kappa shape index (κ1) is 7.94. The zero-order valence-corrected chi connectivity index (χ0v) is 6.07. The lowest BCUT2D eigenvalue weighted by Gasteiger charge is -2.36. The molecule has 60 valence electrons. The van der Waals surface area contributed by atoms with E-state index in [9.17, 15) is 0 Å². The summed E-state index contributed by atoms with van der Waals surface area (Å²) in [5.41, 5.74) is 0. The molecule has 0 aromatic rings. The average molecular weight is 148 g/mol. The number of hydrogen-bond acceptors (Lipinski definition) is 4. The molecule has 0 spiro atoms. The van der Waals surface area contributed by atoms with Gasteiger partial charge < -0.3 is 19.7 Å². The van der Waals surface area contributed by atoms with Gasteiger partial charge in [0.15, 0.2) is 18.4 Å². The molecule has 2 unspecified atom stereocenters. The van der Waals surface area contributed by atoms with Gasteiger partial charge in [0.2, 0.25) is 0 Å². The van der Waals surface area contributed by atoms with Crippen LogP contribution in [-0.4, -0.2) is 28.6 Å². The molecule has 4 nitrogen and oxygen atoms in total. The van der Waals surface area contributed by atoms with Crippen LogP contribution in [0.1, 0.15) is 20.3 Å². The van der Waals surface area contributed by atoms with E-state index in [0.29, 0.717) is 0 Å². The van der Waals surface area contributed by atoms with Gasteiger partial charge in [0, 0.05) is 6.42 Å². The van der Waals surface area contributed by atoms with Crippen LogP contribution in [0.5, 0.6) is 0 Å². The molecule has 1 aliphatic rings. The highest BCUT2D eigenvalue weighted by Crippen LogP contribution is 2.23. The number of hydrogen-bond donors (Lipinski definition) is 2. The Morgan fingerprint density at radius 2 is 1.60 bits per heavy atom. The predicted molar refractivity (Wildman–Crippen MR) is 32.9 cm³/mol. The van der Waals surface area contributed by atoms with Crippen molar-refractivity contribution in [3.05, 3.63) is 0 Å². The molecule has 0 amide bonds. The highest BCUT2D eigenvalue weighted by molar-refractivity contribution is 4.63. The first-order valence-electron chi connectivity index (χ1n) is 3.21. The third kappa shape index (κ3) is 1.91. The number of ether oxygens (including phenoxy) is 2. The van der Waals surface area contributed by atoms with Crippen molar-refractivity contribution in [3.63, 3.8) is 0 Å². The van der Waals surface area contributed by atoms with Gasteiger partial charge in [-0.05, 0) is 13.8 Å². The molecule has 2 N–H and O–H groups in total. The van der Waals surface area contributed by atoms with E-state index in [4.69, 9.17) is 19.7 Å². The maximum atomic E-state index is 8.95. The van der Waals surface area contributed by atoms with Crippen molar-refractivity contribution in [1.82, 2.24) is 0 Å². The zero-order valence-electron chi connectivity index (χ0n) is 6.07. The molecule has 10 heavy (non-hydrogen) atoms. The van der Waals surface area contributed by atoms with E-state index in [-0.39, 0.29) is 6.42 Å². The molecule has 0 radical (unpaired) electrons. The van der Waals surface area contributed by atoms with Crippen LogP contribution < -0.4 is 0 Å². The number of aliphatic hydroxyl groups excluding tert-OH is 2. The van der Waals surface area contributed by atoms with Crippen LogP contribution in [0.4, 0.5) is 0 Å². The first-order valence-corrected chi connectivity index (χ1v) is 3.21. The van der Waals surface area contributed by atoms with E-state index in [1.807, 2.05) is 0 Å². The lowest BCUT2D eigenvalue weighted by Crippen LogP contribution is -2.44. The summed E-state index contributed by atoms with van der Waals surface area (Å²) < 4.78 is 9.83. The topological polar surface area (TPSA) is 58.9 Å². The van der Waals surface area contributed by atoms with Crippen molar-refractivity contribution >= 4 is 0 Å². The summed E-state index contributed by atoms with van der Waals surface area (Å²) >= 11 is 0. The third-order valence-electron chi connectivity index (χ3n) is 1.24. The van der Waals surface area contributed by atoms with E-state index in [1.165, 1.54) is 0 Å². The molecule has 1 saturated heterocycles. The minimum Gasteiger partial charge on any atom is -0.368 e. The fraction of sp³-hybridized carbons (Fsp3) is 1.00. The van der Waals surface area contributed by atoms with E-state index in [2.05, 4.69) is 0 Å². The monoisotopic (exact) mass is 148 g/mol. The maximum absolute atomic E-state index is 8.95. The third-order valence-corrected chi connectivity index (χ3v) is 1.24. The van der Waals surface area contributed by atoms with Crippen LogP contribution in [0, 0.1) is 0 Å². The zero-order chi connectivity index (χ0) is 7.78. The Hall–Kier alpha value is -0.160. The molecule has 0 aromatic heterocycles. The molecule has 1 rings (SSSR count). The van der Waals surface area contributed by atoms with Gasteiger partial charge in [0.25, 0.3) is 0 Å². The summed E-state index contributed by atoms with van der Waals surface area (Å²) in [5, 5.41) is 17.9. The Bertz CT molecular complexity index is 111. The normalized spacial score (nSPS) is 39.6. The van der Waals surface area contributed by atoms with Crippen LogP contribution in [0.3, 0.4) is 0 Å². The summed E-state index contributed by atoms with van der Waals surface area (Å²) in [5.74, 6) is -0.878. The predicted octanol–water partition coefficient (Wildman–Crippen LogP) is -0.204. The van der Waals surface area contributed by atoms with Gasteiger partial charge in [-0.3, -0.25) is 0 Å². The van der Waals surface area contributed by atoms with Crippen molar-refractivity contribution in [2.75, 3.05) is 0 Å². The first-order chi connectivity index (χ1) is 4.49. The quantitative estimate of drug-likeness (QED) is 0.499. The SMILES string of the molecule is CC1(C)OC(O)CC(O)O1. The summed E-state index contributed by atoms with van der Waals surface area (Å²) in [6.45, 7) is 3.28. The molecular weight excluding hydrogens is 136 g/mol. The molecule has 0 aliphatic carbocycles. The Morgan fingerprint density at radius 3 is 1.90 bits per heavy atom. The van der Waals surface area contributed by atoms with Crippen LogP contribution in [0.2, 0.25) is 0 Å². The Morgan fingerprint density at radius 1 is 1.20 bits per heavy atom. The Labute approximate surface area is 59.4 Å². The van der Waals surface area contributed by atoms with E-state index in [1.54, 1.807) is 13.8 Å². The molecule has 1 fully saturated rings. The maximum Gasteiger partial charge on any atom is 0.169 e. The standard InChI is InChI=1S/C6H12O4/c1-6(2)9-4(7)3-5(8)10-6/h4-5,7-8H,3H2,1-2H3. The van der Waals surface area contributed by atoms with E-state index < -0.39 is 18.4 Å². The fourth-order valence-electron chi connectivity index (χ4n) is 0.952. The van der Waals surface area contributed by atoms with Crippen molar-refractivity contribution in [3.8, 4) is 0 Å². The van der Waals surface area contributed by atoms with E-state index >= 15 is 0 Å². The Kier molecular flexibility index (Phi) is 1.96. The molecule has 0 bridgehead atoms. The van der Waals surface area contributed by atoms with Crippen LogP contribution in [0.25, 0.3) is 0 Å². The second-order valence-electron chi connectivity index (χ2n) is 2.78. The molecule has 4 heteroatoms. The average Bonchev–Trinajstić information content (AvgIpc) is 1.54. The molecule has 1 heterocycles. The summed E-state index contributed by atoms with van der Waals surface area (Å²) in [7, 11) is 0. The lowest BCUT2D eigenvalue weighted by molar-refractivity contribution is -0.375. The van der Waals surface area contributed by atoms with Crippen molar-refractivity contribution in [1.29, 1.82) is 0 Å². The Balaban J connectivity index is 2.51. The largest absolute Gasteiger partial charge is 0.368 e. The highest BCUT2D eigenvalue weighted by Gasteiger charge is 2.33. The van der Waals surface area contributed by atoms with Crippen molar-refractivity contribution in [2.45, 2.75) is 38.6 Å². The number of aliphatic hydroxyl groups is 2. The minimum absolute atomic E-state index is 0.115. The van der Waals surface area contributed by atoms with Gasteiger partial charge in [0.1, 0.15) is 0 Å². The lowest BCUT2D eigenvalue weighted by atomic mass is 10.3. The van der Waals surface area contributed by atoms with Gasteiger partial charge in [-0.25, -0.2) is 0 Å². The minimum atomic E-state index is -0.918. The van der Waals surface area contributed by atoms with Crippen LogP contribution in [0.15, 0.2) is 0 Å². The van der Waals surface area contributed by atoms with Gasteiger partial charge in [-0.2, -0.15) is 0 Å². The molecule has 0 saturated carbocycles. The second kappa shape index (κ2) is 2.47. The van der Waals surface area contributed by atoms with Crippen LogP contribution >= 0.6 is 0 Å². The number of rotatable bonds is 0.